The Hall–Kier alpha value is -3.85. The van der Waals surface area contributed by atoms with Gasteiger partial charge in [-0.2, -0.15) is 5.26 Å². The van der Waals surface area contributed by atoms with Gasteiger partial charge in [-0.15, -0.1) is 0 Å². The minimum absolute atomic E-state index is 0.0199. The van der Waals surface area contributed by atoms with Crippen molar-refractivity contribution in [1.82, 2.24) is 4.57 Å². The van der Waals surface area contributed by atoms with E-state index in [0.717, 1.165) is 22.0 Å². The predicted molar refractivity (Wildman–Crippen MR) is 123 cm³/mol. The van der Waals surface area contributed by atoms with Crippen LogP contribution >= 0.6 is 0 Å². The Bertz CT molecular complexity index is 1400. The van der Waals surface area contributed by atoms with Gasteiger partial charge >= 0.3 is 0 Å². The number of ketones is 1. The van der Waals surface area contributed by atoms with E-state index in [0.29, 0.717) is 30.7 Å². The second-order valence-electron chi connectivity index (χ2n) is 9.56. The molecule has 0 spiro atoms. The van der Waals surface area contributed by atoms with Gasteiger partial charge in [-0.25, -0.2) is 4.39 Å². The van der Waals surface area contributed by atoms with Crippen molar-refractivity contribution < 1.29 is 13.9 Å². The SMILES string of the molecule is CC1(C)CC(=O)C2=C(C1)OC(N)=C(C#N)C2c1cn(Cc2cccc(F)c2)c2ccccc12. The number of rotatable bonds is 3. The number of hydrogen-bond donors (Lipinski definition) is 1. The minimum atomic E-state index is -0.596. The van der Waals surface area contributed by atoms with Crippen molar-refractivity contribution in [2.45, 2.75) is 39.2 Å². The van der Waals surface area contributed by atoms with Gasteiger partial charge in [-0.3, -0.25) is 4.79 Å². The molecule has 1 atom stereocenters. The first-order valence-electron chi connectivity index (χ1n) is 10.9. The van der Waals surface area contributed by atoms with Crippen molar-refractivity contribution in [1.29, 1.82) is 5.26 Å². The number of Topliss-reactive ketones (excluding diaryl/α,β-unsaturated/α-hetero) is 1. The van der Waals surface area contributed by atoms with Crippen LogP contribution in [0.1, 0.15) is 43.7 Å². The molecule has 3 aromatic rings. The lowest BCUT2D eigenvalue weighted by molar-refractivity contribution is -0.119. The van der Waals surface area contributed by atoms with Crippen LogP contribution in [0.5, 0.6) is 0 Å². The van der Waals surface area contributed by atoms with Gasteiger partial charge in [0.1, 0.15) is 23.2 Å². The Morgan fingerprint density at radius 3 is 2.76 bits per heavy atom. The molecule has 5 rings (SSSR count). The van der Waals surface area contributed by atoms with Crippen molar-refractivity contribution in [3.63, 3.8) is 0 Å². The van der Waals surface area contributed by atoms with Crippen LogP contribution in [0.4, 0.5) is 4.39 Å². The van der Waals surface area contributed by atoms with Crippen LogP contribution in [-0.2, 0) is 16.1 Å². The molecule has 0 bridgehead atoms. The number of halogens is 1. The lowest BCUT2D eigenvalue weighted by Crippen LogP contribution is -2.33. The molecule has 0 fully saturated rings. The molecule has 0 amide bonds. The van der Waals surface area contributed by atoms with Crippen molar-refractivity contribution in [3.05, 3.63) is 94.5 Å². The zero-order valence-electron chi connectivity index (χ0n) is 18.6. The van der Waals surface area contributed by atoms with E-state index in [9.17, 15) is 14.4 Å². The fraction of sp³-hybridized carbons (Fsp3) is 0.259. The third kappa shape index (κ3) is 3.60. The first-order valence-corrected chi connectivity index (χ1v) is 10.9. The maximum Gasteiger partial charge on any atom is 0.205 e. The van der Waals surface area contributed by atoms with Crippen LogP contribution in [0.3, 0.4) is 0 Å². The second kappa shape index (κ2) is 7.63. The van der Waals surface area contributed by atoms with E-state index in [-0.39, 0.29) is 28.5 Å². The number of benzene rings is 2. The summed E-state index contributed by atoms with van der Waals surface area (Å²) in [5.74, 6) is -0.302. The fourth-order valence-electron chi connectivity index (χ4n) is 5.06. The van der Waals surface area contributed by atoms with Gasteiger partial charge in [0, 0.05) is 42.1 Å². The van der Waals surface area contributed by atoms with Gasteiger partial charge in [0.2, 0.25) is 5.88 Å². The van der Waals surface area contributed by atoms with Gasteiger partial charge in [-0.05, 0) is 34.7 Å². The normalized spacial score (nSPS) is 19.9. The Balaban J connectivity index is 1.70. The highest BCUT2D eigenvalue weighted by Crippen LogP contribution is 2.49. The smallest absolute Gasteiger partial charge is 0.205 e. The first-order chi connectivity index (χ1) is 15.8. The quantitative estimate of drug-likeness (QED) is 0.600. The number of nitrogens with two attached hydrogens (primary N) is 1. The number of nitriles is 1. The third-order valence-electron chi connectivity index (χ3n) is 6.45. The van der Waals surface area contributed by atoms with E-state index in [4.69, 9.17) is 10.5 Å². The van der Waals surface area contributed by atoms with Crippen LogP contribution in [0.15, 0.2) is 77.5 Å². The van der Waals surface area contributed by atoms with E-state index in [1.165, 1.54) is 12.1 Å². The molecule has 2 aliphatic rings. The first kappa shape index (κ1) is 21.0. The number of para-hydroxylation sites is 1. The van der Waals surface area contributed by atoms with Gasteiger partial charge in [0.15, 0.2) is 5.78 Å². The molecule has 1 aliphatic carbocycles. The van der Waals surface area contributed by atoms with Crippen LogP contribution in [0.2, 0.25) is 0 Å². The number of hydrogen-bond acceptors (Lipinski definition) is 4. The molecule has 166 valence electrons. The summed E-state index contributed by atoms with van der Waals surface area (Å²) in [7, 11) is 0. The monoisotopic (exact) mass is 441 g/mol. The van der Waals surface area contributed by atoms with Crippen molar-refractivity contribution in [2.24, 2.45) is 11.1 Å². The standard InChI is InChI=1S/C27H24FN3O2/c1-27(2)11-22(32)25-23(12-27)33-26(30)19(13-29)24(25)20-15-31(21-9-4-3-8-18(20)21)14-16-6-5-7-17(28)10-16/h3-10,15,24H,11-12,14,30H2,1-2H3. The number of fused-ring (bicyclic) bond motifs is 1. The van der Waals surface area contributed by atoms with Crippen LogP contribution < -0.4 is 5.73 Å². The molecule has 0 radical (unpaired) electrons. The highest BCUT2D eigenvalue weighted by Gasteiger charge is 2.43. The summed E-state index contributed by atoms with van der Waals surface area (Å²) in [5, 5.41) is 10.9. The molecule has 1 aromatic heterocycles. The summed E-state index contributed by atoms with van der Waals surface area (Å²) in [6, 6.07) is 16.5. The second-order valence-corrected chi connectivity index (χ2v) is 9.56. The summed E-state index contributed by atoms with van der Waals surface area (Å²) < 4.78 is 21.6. The van der Waals surface area contributed by atoms with Crippen molar-refractivity contribution in [2.75, 3.05) is 0 Å². The minimum Gasteiger partial charge on any atom is -0.444 e. The number of carbonyl (C=O) groups excluding carboxylic acids is 1. The number of ether oxygens (including phenoxy) is 1. The molecule has 2 aromatic carbocycles. The molecule has 0 saturated carbocycles. The number of allylic oxidation sites excluding steroid dienone is 3. The maximum atomic E-state index is 13.8. The maximum absolute atomic E-state index is 13.8. The molecule has 33 heavy (non-hydrogen) atoms. The Morgan fingerprint density at radius 2 is 2.00 bits per heavy atom. The molecule has 1 unspecified atom stereocenters. The van der Waals surface area contributed by atoms with Gasteiger partial charge in [-0.1, -0.05) is 44.2 Å². The summed E-state index contributed by atoms with van der Waals surface area (Å²) >= 11 is 0. The zero-order valence-corrected chi connectivity index (χ0v) is 18.6. The number of aromatic nitrogens is 1. The van der Waals surface area contributed by atoms with E-state index < -0.39 is 5.92 Å². The number of nitrogens with zero attached hydrogens (tertiary/aromatic N) is 2. The van der Waals surface area contributed by atoms with Crippen molar-refractivity contribution in [3.8, 4) is 6.07 Å². The van der Waals surface area contributed by atoms with Gasteiger partial charge < -0.3 is 15.0 Å². The third-order valence-corrected chi connectivity index (χ3v) is 6.45. The Kier molecular flexibility index (Phi) is 4.86. The van der Waals surface area contributed by atoms with E-state index in [1.54, 1.807) is 6.07 Å². The molecular formula is C27H24FN3O2. The average molecular weight is 442 g/mol. The average Bonchev–Trinajstić information content (AvgIpc) is 3.10. The molecule has 2 N–H and O–H groups in total. The molecule has 0 saturated heterocycles. The molecule has 2 heterocycles. The zero-order chi connectivity index (χ0) is 23.3. The predicted octanol–water partition coefficient (Wildman–Crippen LogP) is 5.28. The Morgan fingerprint density at radius 1 is 1.21 bits per heavy atom. The van der Waals surface area contributed by atoms with Crippen LogP contribution in [0, 0.1) is 22.6 Å². The number of carbonyl (C=O) groups is 1. The topological polar surface area (TPSA) is 81.0 Å². The van der Waals surface area contributed by atoms with Crippen LogP contribution in [0.25, 0.3) is 10.9 Å². The lowest BCUT2D eigenvalue weighted by atomic mass is 9.70. The summed E-state index contributed by atoms with van der Waals surface area (Å²) in [4.78, 5) is 13.3. The highest BCUT2D eigenvalue weighted by molar-refractivity contribution is 6.01. The molecule has 6 heteroatoms. The lowest BCUT2D eigenvalue weighted by Gasteiger charge is -2.37. The molecule has 1 aliphatic heterocycles. The molecular weight excluding hydrogens is 417 g/mol. The van der Waals surface area contributed by atoms with E-state index >= 15 is 0 Å². The van der Waals surface area contributed by atoms with Gasteiger partial charge in [0.25, 0.3) is 0 Å². The van der Waals surface area contributed by atoms with Gasteiger partial charge in [0.05, 0.1) is 5.92 Å². The van der Waals surface area contributed by atoms with E-state index in [2.05, 4.69) is 6.07 Å². The highest BCUT2D eigenvalue weighted by atomic mass is 19.1. The Labute approximate surface area is 191 Å². The van der Waals surface area contributed by atoms with Crippen molar-refractivity contribution >= 4 is 16.7 Å². The largest absolute Gasteiger partial charge is 0.444 e. The fourth-order valence-corrected chi connectivity index (χ4v) is 5.06. The summed E-state index contributed by atoms with van der Waals surface area (Å²) in [5.41, 5.74) is 9.30. The van der Waals surface area contributed by atoms with E-state index in [1.807, 2.05) is 54.9 Å². The summed E-state index contributed by atoms with van der Waals surface area (Å²) in [6.07, 6.45) is 2.91. The molecule has 5 nitrogen and oxygen atoms in total. The summed E-state index contributed by atoms with van der Waals surface area (Å²) in [6.45, 7) is 4.50. The van der Waals surface area contributed by atoms with Crippen LogP contribution in [-0.4, -0.2) is 10.4 Å².